The second-order valence-corrected chi connectivity index (χ2v) is 6.28. The first kappa shape index (κ1) is 15.8. The molecule has 2 atom stereocenters. The summed E-state index contributed by atoms with van der Waals surface area (Å²) in [6.45, 7) is 11.1. The van der Waals surface area contributed by atoms with E-state index in [0.29, 0.717) is 12.1 Å². The quantitative estimate of drug-likeness (QED) is 0.822. The molecule has 0 fully saturated rings. The number of hydrogen-bond acceptors (Lipinski definition) is 1. The predicted molar refractivity (Wildman–Crippen MR) is 91.8 cm³/mol. The summed E-state index contributed by atoms with van der Waals surface area (Å²) in [5.41, 5.74) is 6.92. The number of aryl methyl sites for hydroxylation is 3. The highest BCUT2D eigenvalue weighted by atomic mass is 14.9. The Balaban J connectivity index is 2.02. The third-order valence-electron chi connectivity index (χ3n) is 4.21. The average Bonchev–Trinajstić information content (AvgIpc) is 2.41. The second-order valence-electron chi connectivity index (χ2n) is 6.28. The Morgan fingerprint density at radius 2 is 1.62 bits per heavy atom. The van der Waals surface area contributed by atoms with Crippen molar-refractivity contribution in [1.29, 1.82) is 0 Å². The average molecular weight is 281 g/mol. The lowest BCUT2D eigenvalue weighted by Gasteiger charge is -2.22. The van der Waals surface area contributed by atoms with Crippen LogP contribution in [0.3, 0.4) is 0 Å². The molecule has 0 heterocycles. The Morgan fingerprint density at radius 1 is 0.905 bits per heavy atom. The van der Waals surface area contributed by atoms with Crippen molar-refractivity contribution in [2.45, 2.75) is 53.1 Å². The molecule has 1 N–H and O–H groups in total. The van der Waals surface area contributed by atoms with Gasteiger partial charge in [-0.25, -0.2) is 0 Å². The molecule has 0 saturated carbocycles. The normalized spacial score (nSPS) is 14.0. The van der Waals surface area contributed by atoms with Crippen LogP contribution in [0.1, 0.15) is 47.7 Å². The van der Waals surface area contributed by atoms with Crippen molar-refractivity contribution in [3.8, 4) is 0 Å². The summed E-state index contributed by atoms with van der Waals surface area (Å²) in [4.78, 5) is 0. The first-order chi connectivity index (χ1) is 9.97. The van der Waals surface area contributed by atoms with Gasteiger partial charge in [-0.1, -0.05) is 48.0 Å². The van der Waals surface area contributed by atoms with Crippen molar-refractivity contribution in [3.63, 3.8) is 0 Å². The fourth-order valence-electron chi connectivity index (χ4n) is 3.06. The van der Waals surface area contributed by atoms with Crippen LogP contribution in [0.4, 0.5) is 0 Å². The molecular formula is C20H27N. The first-order valence-electron chi connectivity index (χ1n) is 7.85. The van der Waals surface area contributed by atoms with Gasteiger partial charge in [0.25, 0.3) is 0 Å². The number of nitrogens with one attached hydrogen (secondary N) is 1. The standard InChI is InChI=1S/C20H27N/c1-14-10-11-20(16(3)12-14)18(5)21-17(4)13-19-9-7-6-8-15(19)2/h6-12,17-18,21H,13H2,1-5H3. The van der Waals surface area contributed by atoms with Crippen LogP contribution < -0.4 is 5.32 Å². The lowest BCUT2D eigenvalue weighted by Crippen LogP contribution is -2.31. The zero-order valence-corrected chi connectivity index (χ0v) is 13.9. The van der Waals surface area contributed by atoms with Crippen molar-refractivity contribution in [2.75, 3.05) is 0 Å². The third kappa shape index (κ3) is 4.18. The van der Waals surface area contributed by atoms with E-state index in [1.807, 2.05) is 0 Å². The summed E-state index contributed by atoms with van der Waals surface area (Å²) in [6, 6.07) is 16.2. The minimum atomic E-state index is 0.379. The van der Waals surface area contributed by atoms with Crippen molar-refractivity contribution in [2.24, 2.45) is 0 Å². The zero-order chi connectivity index (χ0) is 15.4. The molecule has 0 aliphatic heterocycles. The van der Waals surface area contributed by atoms with Crippen LogP contribution >= 0.6 is 0 Å². The first-order valence-corrected chi connectivity index (χ1v) is 7.85. The highest BCUT2D eigenvalue weighted by Crippen LogP contribution is 2.20. The molecule has 1 heteroatoms. The fraction of sp³-hybridized carbons (Fsp3) is 0.400. The van der Waals surface area contributed by atoms with Crippen molar-refractivity contribution < 1.29 is 0 Å². The SMILES string of the molecule is Cc1ccc(C(C)NC(C)Cc2ccccc2C)c(C)c1. The van der Waals surface area contributed by atoms with Crippen LogP contribution in [-0.4, -0.2) is 6.04 Å². The van der Waals surface area contributed by atoms with Crippen molar-refractivity contribution in [1.82, 2.24) is 5.32 Å². The van der Waals surface area contributed by atoms with E-state index in [-0.39, 0.29) is 0 Å². The van der Waals surface area contributed by atoms with E-state index in [0.717, 1.165) is 6.42 Å². The minimum Gasteiger partial charge on any atom is -0.307 e. The van der Waals surface area contributed by atoms with Crippen LogP contribution in [0.25, 0.3) is 0 Å². The molecule has 0 amide bonds. The molecule has 0 bridgehead atoms. The molecule has 2 aromatic rings. The van der Waals surface area contributed by atoms with Gasteiger partial charge in [0, 0.05) is 12.1 Å². The maximum absolute atomic E-state index is 3.73. The fourth-order valence-corrected chi connectivity index (χ4v) is 3.06. The molecule has 2 aromatic carbocycles. The highest BCUT2D eigenvalue weighted by molar-refractivity contribution is 5.32. The van der Waals surface area contributed by atoms with Gasteiger partial charge >= 0.3 is 0 Å². The monoisotopic (exact) mass is 281 g/mol. The summed E-state index contributed by atoms with van der Waals surface area (Å²) in [5, 5.41) is 3.73. The van der Waals surface area contributed by atoms with E-state index in [1.54, 1.807) is 0 Å². The second kappa shape index (κ2) is 6.91. The Labute approximate surface area is 129 Å². The van der Waals surface area contributed by atoms with E-state index in [1.165, 1.54) is 27.8 Å². The van der Waals surface area contributed by atoms with Crippen molar-refractivity contribution in [3.05, 3.63) is 70.3 Å². The molecule has 2 unspecified atom stereocenters. The molecule has 0 aromatic heterocycles. The number of hydrogen-bond donors (Lipinski definition) is 1. The van der Waals surface area contributed by atoms with Gasteiger partial charge in [-0.05, 0) is 63.3 Å². The largest absolute Gasteiger partial charge is 0.307 e. The topological polar surface area (TPSA) is 12.0 Å². The number of benzene rings is 2. The molecule has 0 spiro atoms. The Hall–Kier alpha value is -1.60. The summed E-state index contributed by atoms with van der Waals surface area (Å²) in [5.74, 6) is 0. The molecule has 0 saturated heterocycles. The number of rotatable bonds is 5. The molecule has 21 heavy (non-hydrogen) atoms. The summed E-state index contributed by atoms with van der Waals surface area (Å²) < 4.78 is 0. The Morgan fingerprint density at radius 3 is 2.29 bits per heavy atom. The van der Waals surface area contributed by atoms with Gasteiger partial charge in [-0.3, -0.25) is 0 Å². The minimum absolute atomic E-state index is 0.379. The molecule has 0 radical (unpaired) electrons. The van der Waals surface area contributed by atoms with E-state index >= 15 is 0 Å². The smallest absolute Gasteiger partial charge is 0.0296 e. The summed E-state index contributed by atoms with van der Waals surface area (Å²) in [6.07, 6.45) is 1.07. The maximum Gasteiger partial charge on any atom is 0.0296 e. The summed E-state index contributed by atoms with van der Waals surface area (Å²) in [7, 11) is 0. The van der Waals surface area contributed by atoms with Crippen molar-refractivity contribution >= 4 is 0 Å². The molecule has 0 aliphatic rings. The van der Waals surface area contributed by atoms with Crippen LogP contribution in [0.2, 0.25) is 0 Å². The lowest BCUT2D eigenvalue weighted by molar-refractivity contribution is 0.475. The van der Waals surface area contributed by atoms with E-state index in [4.69, 9.17) is 0 Å². The molecule has 0 aliphatic carbocycles. The van der Waals surface area contributed by atoms with Gasteiger partial charge in [0.05, 0.1) is 0 Å². The van der Waals surface area contributed by atoms with Crippen LogP contribution in [0, 0.1) is 20.8 Å². The molecular weight excluding hydrogens is 254 g/mol. The lowest BCUT2D eigenvalue weighted by atomic mass is 9.98. The Kier molecular flexibility index (Phi) is 5.19. The summed E-state index contributed by atoms with van der Waals surface area (Å²) >= 11 is 0. The van der Waals surface area contributed by atoms with Crippen LogP contribution in [0.15, 0.2) is 42.5 Å². The van der Waals surface area contributed by atoms with Gasteiger partial charge in [-0.2, -0.15) is 0 Å². The van der Waals surface area contributed by atoms with Crippen LogP contribution in [-0.2, 0) is 6.42 Å². The molecule has 2 rings (SSSR count). The van der Waals surface area contributed by atoms with Gasteiger partial charge in [-0.15, -0.1) is 0 Å². The molecule has 112 valence electrons. The van der Waals surface area contributed by atoms with E-state index in [2.05, 4.69) is 82.4 Å². The Bertz CT molecular complexity index is 601. The van der Waals surface area contributed by atoms with Gasteiger partial charge < -0.3 is 5.32 Å². The third-order valence-corrected chi connectivity index (χ3v) is 4.21. The highest BCUT2D eigenvalue weighted by Gasteiger charge is 2.12. The van der Waals surface area contributed by atoms with Gasteiger partial charge in [0.1, 0.15) is 0 Å². The maximum atomic E-state index is 3.73. The van der Waals surface area contributed by atoms with Gasteiger partial charge in [0.2, 0.25) is 0 Å². The zero-order valence-electron chi connectivity index (χ0n) is 13.9. The van der Waals surface area contributed by atoms with Gasteiger partial charge in [0.15, 0.2) is 0 Å². The van der Waals surface area contributed by atoms with E-state index < -0.39 is 0 Å². The predicted octanol–water partition coefficient (Wildman–Crippen LogP) is 4.89. The van der Waals surface area contributed by atoms with E-state index in [9.17, 15) is 0 Å². The van der Waals surface area contributed by atoms with Crippen LogP contribution in [0.5, 0.6) is 0 Å². The molecule has 1 nitrogen and oxygen atoms in total.